The van der Waals surface area contributed by atoms with Crippen molar-refractivity contribution in [3.63, 3.8) is 0 Å². The summed E-state index contributed by atoms with van der Waals surface area (Å²) in [5.41, 5.74) is 1.13. The summed E-state index contributed by atoms with van der Waals surface area (Å²) in [7, 11) is 1.65. The van der Waals surface area contributed by atoms with Gasteiger partial charge in [-0.15, -0.1) is 11.8 Å². The quantitative estimate of drug-likeness (QED) is 0.783. The zero-order valence-electron chi connectivity index (χ0n) is 9.28. The third-order valence-electron chi connectivity index (χ3n) is 2.36. The first-order valence-corrected chi connectivity index (χ1v) is 5.95. The van der Waals surface area contributed by atoms with E-state index < -0.39 is 0 Å². The number of hydrogen-bond donors (Lipinski definition) is 0. The van der Waals surface area contributed by atoms with Crippen LogP contribution in [-0.2, 0) is 6.42 Å². The third kappa shape index (κ3) is 3.17. The summed E-state index contributed by atoms with van der Waals surface area (Å²) in [5, 5.41) is 9.07. The van der Waals surface area contributed by atoms with Gasteiger partial charge in [0.05, 0.1) is 13.2 Å². The Morgan fingerprint density at radius 2 is 2.27 bits per heavy atom. The van der Waals surface area contributed by atoms with E-state index in [2.05, 4.69) is 6.07 Å². The highest BCUT2D eigenvalue weighted by molar-refractivity contribution is 8.00. The Kier molecular flexibility index (Phi) is 4.05. The number of ether oxygens (including phenoxy) is 1. The molecular weight excluding hydrogens is 206 g/mol. The van der Waals surface area contributed by atoms with Crippen molar-refractivity contribution in [3.05, 3.63) is 29.8 Å². The second-order valence-corrected chi connectivity index (χ2v) is 4.88. The average Bonchev–Trinajstić information content (AvgIpc) is 2.29. The van der Waals surface area contributed by atoms with Crippen molar-refractivity contribution in [2.24, 2.45) is 0 Å². The standard InChI is InChI=1S/C12H15NOS/c1-12(9-13,15-3)8-10-5-4-6-11(7-10)14-2/h4-7H,8H2,1-3H3. The highest BCUT2D eigenvalue weighted by atomic mass is 32.2. The number of methoxy groups -OCH3 is 1. The van der Waals surface area contributed by atoms with Crippen LogP contribution < -0.4 is 4.74 Å². The molecule has 3 heteroatoms. The molecule has 1 aromatic rings. The van der Waals surface area contributed by atoms with Gasteiger partial charge in [0.25, 0.3) is 0 Å². The van der Waals surface area contributed by atoms with Crippen LogP contribution in [0.2, 0.25) is 0 Å². The van der Waals surface area contributed by atoms with E-state index in [1.54, 1.807) is 18.9 Å². The number of nitriles is 1. The van der Waals surface area contributed by atoms with Crippen LogP contribution in [0.5, 0.6) is 5.75 Å². The van der Waals surface area contributed by atoms with E-state index in [4.69, 9.17) is 10.00 Å². The summed E-state index contributed by atoms with van der Waals surface area (Å²) in [6.07, 6.45) is 2.70. The third-order valence-corrected chi connectivity index (χ3v) is 3.50. The Labute approximate surface area is 95.3 Å². The first-order chi connectivity index (χ1) is 7.13. The first kappa shape index (κ1) is 11.9. The molecule has 0 aromatic heterocycles. The molecule has 0 aliphatic rings. The number of hydrogen-bond acceptors (Lipinski definition) is 3. The second-order valence-electron chi connectivity index (χ2n) is 3.58. The number of thioether (sulfide) groups is 1. The molecule has 1 atom stereocenters. The lowest BCUT2D eigenvalue weighted by atomic mass is 10.0. The van der Waals surface area contributed by atoms with E-state index in [9.17, 15) is 0 Å². The van der Waals surface area contributed by atoms with Crippen molar-refractivity contribution < 1.29 is 4.74 Å². The molecule has 0 N–H and O–H groups in total. The molecule has 0 heterocycles. The Balaban J connectivity index is 2.85. The van der Waals surface area contributed by atoms with Gasteiger partial charge in [-0.3, -0.25) is 0 Å². The molecule has 2 nitrogen and oxygen atoms in total. The van der Waals surface area contributed by atoms with E-state index in [1.165, 1.54) is 0 Å². The van der Waals surface area contributed by atoms with E-state index in [0.29, 0.717) is 0 Å². The van der Waals surface area contributed by atoms with Gasteiger partial charge in [-0.25, -0.2) is 0 Å². The van der Waals surface area contributed by atoms with Gasteiger partial charge in [0.2, 0.25) is 0 Å². The maximum Gasteiger partial charge on any atom is 0.119 e. The summed E-state index contributed by atoms with van der Waals surface area (Å²) in [6, 6.07) is 10.2. The highest BCUT2D eigenvalue weighted by Gasteiger charge is 2.22. The van der Waals surface area contributed by atoms with E-state index >= 15 is 0 Å². The van der Waals surface area contributed by atoms with Crippen LogP contribution in [0.3, 0.4) is 0 Å². The van der Waals surface area contributed by atoms with Gasteiger partial charge in [-0.1, -0.05) is 12.1 Å². The van der Waals surface area contributed by atoms with Gasteiger partial charge in [0.1, 0.15) is 10.5 Å². The molecule has 0 saturated carbocycles. The van der Waals surface area contributed by atoms with E-state index in [0.717, 1.165) is 17.7 Å². The van der Waals surface area contributed by atoms with Gasteiger partial charge in [-0.2, -0.15) is 5.26 Å². The molecule has 0 amide bonds. The number of benzene rings is 1. The topological polar surface area (TPSA) is 33.0 Å². The van der Waals surface area contributed by atoms with E-state index in [1.807, 2.05) is 37.4 Å². The van der Waals surface area contributed by atoms with Crippen LogP contribution in [0.4, 0.5) is 0 Å². The molecule has 0 fully saturated rings. The van der Waals surface area contributed by atoms with Crippen LogP contribution in [0, 0.1) is 11.3 Å². The van der Waals surface area contributed by atoms with Gasteiger partial charge in [-0.05, 0) is 30.9 Å². The Morgan fingerprint density at radius 3 is 2.80 bits per heavy atom. The minimum Gasteiger partial charge on any atom is -0.497 e. The maximum atomic E-state index is 9.07. The Hall–Kier alpha value is -1.14. The molecule has 80 valence electrons. The lowest BCUT2D eigenvalue weighted by Crippen LogP contribution is -2.20. The molecular formula is C12H15NOS. The van der Waals surface area contributed by atoms with Crippen molar-refractivity contribution in [1.82, 2.24) is 0 Å². The summed E-state index contributed by atoms with van der Waals surface area (Å²) in [6.45, 7) is 1.96. The lowest BCUT2D eigenvalue weighted by molar-refractivity contribution is 0.414. The van der Waals surface area contributed by atoms with Crippen molar-refractivity contribution >= 4 is 11.8 Å². The summed E-state index contributed by atoms with van der Waals surface area (Å²) in [5.74, 6) is 0.842. The monoisotopic (exact) mass is 221 g/mol. The molecule has 1 rings (SSSR count). The molecule has 0 radical (unpaired) electrons. The molecule has 0 saturated heterocycles. The minimum atomic E-state index is -0.355. The molecule has 0 spiro atoms. The van der Waals surface area contributed by atoms with Crippen molar-refractivity contribution in [2.75, 3.05) is 13.4 Å². The lowest BCUT2D eigenvalue weighted by Gasteiger charge is -2.18. The predicted molar refractivity (Wildman–Crippen MR) is 64.2 cm³/mol. The minimum absolute atomic E-state index is 0.355. The number of rotatable bonds is 4. The molecule has 1 unspecified atom stereocenters. The van der Waals surface area contributed by atoms with Gasteiger partial charge < -0.3 is 4.74 Å². The molecule has 1 aromatic carbocycles. The SMILES string of the molecule is COc1cccc(CC(C)(C#N)SC)c1. The fourth-order valence-electron chi connectivity index (χ4n) is 1.33. The van der Waals surface area contributed by atoms with Crippen LogP contribution in [0.15, 0.2) is 24.3 Å². The highest BCUT2D eigenvalue weighted by Crippen LogP contribution is 2.27. The Morgan fingerprint density at radius 1 is 1.53 bits per heavy atom. The zero-order chi connectivity index (χ0) is 11.3. The molecule has 0 aliphatic heterocycles. The number of nitrogens with zero attached hydrogens (tertiary/aromatic N) is 1. The van der Waals surface area contributed by atoms with Crippen molar-refractivity contribution in [1.29, 1.82) is 5.26 Å². The van der Waals surface area contributed by atoms with Crippen LogP contribution in [0.1, 0.15) is 12.5 Å². The fourth-order valence-corrected chi connectivity index (χ4v) is 1.73. The molecule has 0 aliphatic carbocycles. The van der Waals surface area contributed by atoms with Gasteiger partial charge in [0.15, 0.2) is 0 Å². The first-order valence-electron chi connectivity index (χ1n) is 4.73. The average molecular weight is 221 g/mol. The molecule has 0 bridgehead atoms. The fraction of sp³-hybridized carbons (Fsp3) is 0.417. The van der Waals surface area contributed by atoms with Gasteiger partial charge >= 0.3 is 0 Å². The van der Waals surface area contributed by atoms with Crippen LogP contribution in [0.25, 0.3) is 0 Å². The van der Waals surface area contributed by atoms with Gasteiger partial charge in [0, 0.05) is 6.42 Å². The van der Waals surface area contributed by atoms with Crippen LogP contribution >= 0.6 is 11.8 Å². The zero-order valence-corrected chi connectivity index (χ0v) is 10.1. The summed E-state index contributed by atoms with van der Waals surface area (Å²) < 4.78 is 4.79. The van der Waals surface area contributed by atoms with Crippen molar-refractivity contribution in [3.8, 4) is 11.8 Å². The van der Waals surface area contributed by atoms with Crippen molar-refractivity contribution in [2.45, 2.75) is 18.1 Å². The smallest absolute Gasteiger partial charge is 0.119 e. The van der Waals surface area contributed by atoms with Crippen LogP contribution in [-0.4, -0.2) is 18.1 Å². The second kappa shape index (κ2) is 5.09. The largest absolute Gasteiger partial charge is 0.497 e. The molecule has 15 heavy (non-hydrogen) atoms. The summed E-state index contributed by atoms with van der Waals surface area (Å²) >= 11 is 1.58. The predicted octanol–water partition coefficient (Wildman–Crippen LogP) is 2.88. The normalized spacial score (nSPS) is 14.0. The summed E-state index contributed by atoms with van der Waals surface area (Å²) in [4.78, 5) is 0. The maximum absolute atomic E-state index is 9.07. The Bertz CT molecular complexity index is 372. The van der Waals surface area contributed by atoms with E-state index in [-0.39, 0.29) is 4.75 Å².